The standard InChI is InChI=1S/C18H17N2O.Ir/c1-13-11-16(21-3)12-14(2)17(13)20-10-9-19-18(20)15-7-5-4-6-8-15;/h4-7,9-12H,1-3H3;/q-1;. The summed E-state index contributed by atoms with van der Waals surface area (Å²) in [7, 11) is 1.69. The maximum absolute atomic E-state index is 5.33. The van der Waals surface area contributed by atoms with Crippen molar-refractivity contribution in [2.24, 2.45) is 0 Å². The summed E-state index contributed by atoms with van der Waals surface area (Å²) in [4.78, 5) is 4.49. The molecule has 2 aromatic carbocycles. The molecule has 1 heterocycles. The van der Waals surface area contributed by atoms with E-state index in [1.807, 2.05) is 48.8 Å². The summed E-state index contributed by atoms with van der Waals surface area (Å²) < 4.78 is 7.44. The third-order valence-corrected chi connectivity index (χ3v) is 3.53. The van der Waals surface area contributed by atoms with Crippen LogP contribution < -0.4 is 4.74 Å². The zero-order chi connectivity index (χ0) is 14.8. The van der Waals surface area contributed by atoms with Crippen molar-refractivity contribution in [1.29, 1.82) is 0 Å². The van der Waals surface area contributed by atoms with Crippen molar-refractivity contribution < 1.29 is 24.8 Å². The number of aryl methyl sites for hydroxylation is 2. The van der Waals surface area contributed by atoms with Gasteiger partial charge in [0.05, 0.1) is 12.9 Å². The summed E-state index contributed by atoms with van der Waals surface area (Å²) in [5.41, 5.74) is 4.43. The zero-order valence-corrected chi connectivity index (χ0v) is 15.1. The molecule has 0 saturated carbocycles. The smallest absolute Gasteiger partial charge is 0.119 e. The Morgan fingerprint density at radius 1 is 1.14 bits per heavy atom. The Bertz CT molecular complexity index is 743. The summed E-state index contributed by atoms with van der Waals surface area (Å²) in [6.07, 6.45) is 3.80. The number of ether oxygens (including phenoxy) is 1. The van der Waals surface area contributed by atoms with Gasteiger partial charge in [-0.2, -0.15) is 0 Å². The maximum atomic E-state index is 5.33. The summed E-state index contributed by atoms with van der Waals surface area (Å²) >= 11 is 0. The van der Waals surface area contributed by atoms with Crippen LogP contribution in [0.5, 0.6) is 5.75 Å². The number of hydrogen-bond acceptors (Lipinski definition) is 2. The fraction of sp³-hybridized carbons (Fsp3) is 0.167. The molecule has 3 nitrogen and oxygen atoms in total. The van der Waals surface area contributed by atoms with Crippen LogP contribution >= 0.6 is 0 Å². The predicted molar refractivity (Wildman–Crippen MR) is 83.9 cm³/mol. The number of hydrogen-bond donors (Lipinski definition) is 0. The minimum atomic E-state index is 0. The van der Waals surface area contributed by atoms with Crippen molar-refractivity contribution >= 4 is 0 Å². The number of benzene rings is 2. The van der Waals surface area contributed by atoms with Crippen LogP contribution in [0.3, 0.4) is 0 Å². The molecule has 4 heteroatoms. The van der Waals surface area contributed by atoms with E-state index in [0.29, 0.717) is 0 Å². The van der Waals surface area contributed by atoms with E-state index in [4.69, 9.17) is 4.74 Å². The summed E-state index contributed by atoms with van der Waals surface area (Å²) in [6, 6.07) is 15.2. The minimum absolute atomic E-state index is 0. The van der Waals surface area contributed by atoms with Gasteiger partial charge in [-0.25, -0.2) is 0 Å². The van der Waals surface area contributed by atoms with Crippen molar-refractivity contribution in [3.63, 3.8) is 0 Å². The Morgan fingerprint density at radius 3 is 2.45 bits per heavy atom. The van der Waals surface area contributed by atoms with Gasteiger partial charge in [0, 0.05) is 38.2 Å². The first-order chi connectivity index (χ1) is 10.2. The molecule has 0 unspecified atom stereocenters. The monoisotopic (exact) mass is 470 g/mol. The summed E-state index contributed by atoms with van der Waals surface area (Å²) in [5, 5.41) is 0. The van der Waals surface area contributed by atoms with Gasteiger partial charge in [-0.15, -0.1) is 35.9 Å². The second-order valence-corrected chi connectivity index (χ2v) is 5.01. The Hall–Kier alpha value is -1.90. The van der Waals surface area contributed by atoms with Crippen molar-refractivity contribution in [3.8, 4) is 22.8 Å². The third kappa shape index (κ3) is 2.99. The zero-order valence-electron chi connectivity index (χ0n) is 12.8. The van der Waals surface area contributed by atoms with Crippen molar-refractivity contribution in [3.05, 3.63) is 66.0 Å². The van der Waals surface area contributed by atoms with E-state index in [9.17, 15) is 0 Å². The SMILES string of the molecule is COc1cc(C)c(-n2ccnc2-c2[c-]cccc2)c(C)c1.[Ir]. The van der Waals surface area contributed by atoms with Crippen molar-refractivity contribution in [2.75, 3.05) is 7.11 Å². The molecular weight excluding hydrogens is 452 g/mol. The van der Waals surface area contributed by atoms with Crippen LogP contribution in [0.2, 0.25) is 0 Å². The van der Waals surface area contributed by atoms with Gasteiger partial charge in [0.1, 0.15) is 5.75 Å². The van der Waals surface area contributed by atoms with Crippen LogP contribution in [0.25, 0.3) is 17.1 Å². The molecule has 0 saturated heterocycles. The van der Waals surface area contributed by atoms with Crippen LogP contribution in [-0.4, -0.2) is 16.7 Å². The van der Waals surface area contributed by atoms with E-state index in [0.717, 1.165) is 34.0 Å². The molecule has 0 fully saturated rings. The fourth-order valence-electron chi connectivity index (χ4n) is 2.63. The van der Waals surface area contributed by atoms with E-state index in [1.54, 1.807) is 7.11 Å². The molecule has 0 spiro atoms. The van der Waals surface area contributed by atoms with E-state index >= 15 is 0 Å². The number of imidazole rings is 1. The van der Waals surface area contributed by atoms with Gasteiger partial charge in [0.25, 0.3) is 0 Å². The van der Waals surface area contributed by atoms with Gasteiger partial charge >= 0.3 is 0 Å². The maximum Gasteiger partial charge on any atom is 0.119 e. The molecule has 3 aromatic rings. The molecule has 0 bridgehead atoms. The normalized spacial score (nSPS) is 10.1. The molecule has 0 atom stereocenters. The van der Waals surface area contributed by atoms with E-state index in [2.05, 4.69) is 29.5 Å². The van der Waals surface area contributed by atoms with Gasteiger partial charge in [0.15, 0.2) is 0 Å². The Kier molecular flexibility index (Phi) is 5.17. The minimum Gasteiger partial charge on any atom is -0.497 e. The van der Waals surface area contributed by atoms with Crippen LogP contribution in [-0.2, 0) is 20.1 Å². The molecule has 1 aromatic heterocycles. The van der Waals surface area contributed by atoms with Crippen molar-refractivity contribution in [2.45, 2.75) is 13.8 Å². The van der Waals surface area contributed by atoms with E-state index in [1.165, 1.54) is 0 Å². The van der Waals surface area contributed by atoms with E-state index in [-0.39, 0.29) is 20.1 Å². The Labute approximate surface area is 144 Å². The van der Waals surface area contributed by atoms with Crippen LogP contribution in [0.15, 0.2) is 48.8 Å². The third-order valence-electron chi connectivity index (χ3n) is 3.53. The fourth-order valence-corrected chi connectivity index (χ4v) is 2.63. The number of aromatic nitrogens is 2. The second kappa shape index (κ2) is 6.91. The predicted octanol–water partition coefficient (Wildman–Crippen LogP) is 3.96. The molecule has 0 N–H and O–H groups in total. The molecule has 0 amide bonds. The largest absolute Gasteiger partial charge is 0.497 e. The average molecular weight is 470 g/mol. The first-order valence-electron chi connectivity index (χ1n) is 6.86. The Morgan fingerprint density at radius 2 is 1.86 bits per heavy atom. The molecule has 0 aliphatic heterocycles. The molecular formula is C18H17IrN2O-. The van der Waals surface area contributed by atoms with Gasteiger partial charge in [0.2, 0.25) is 0 Å². The summed E-state index contributed by atoms with van der Waals surface area (Å²) in [5.74, 6) is 1.77. The first kappa shape index (κ1) is 16.5. The average Bonchev–Trinajstić information content (AvgIpc) is 2.96. The molecule has 0 aliphatic carbocycles. The summed E-state index contributed by atoms with van der Waals surface area (Å²) in [6.45, 7) is 4.17. The molecule has 22 heavy (non-hydrogen) atoms. The van der Waals surface area contributed by atoms with E-state index < -0.39 is 0 Å². The van der Waals surface area contributed by atoms with Crippen LogP contribution in [0.4, 0.5) is 0 Å². The van der Waals surface area contributed by atoms with Crippen LogP contribution in [0, 0.1) is 19.9 Å². The number of nitrogens with zero attached hydrogens (tertiary/aromatic N) is 2. The molecule has 115 valence electrons. The van der Waals surface area contributed by atoms with Crippen LogP contribution in [0.1, 0.15) is 11.1 Å². The quantitative estimate of drug-likeness (QED) is 0.543. The topological polar surface area (TPSA) is 27.1 Å². The van der Waals surface area contributed by atoms with Gasteiger partial charge in [-0.1, -0.05) is 0 Å². The van der Waals surface area contributed by atoms with Gasteiger partial charge < -0.3 is 9.30 Å². The molecule has 0 aliphatic rings. The molecule has 3 rings (SSSR count). The first-order valence-corrected chi connectivity index (χ1v) is 6.86. The number of methoxy groups -OCH3 is 1. The number of rotatable bonds is 3. The van der Waals surface area contributed by atoms with Gasteiger partial charge in [-0.3, -0.25) is 4.98 Å². The van der Waals surface area contributed by atoms with Crippen molar-refractivity contribution in [1.82, 2.24) is 9.55 Å². The Balaban J connectivity index is 0.00000176. The van der Waals surface area contributed by atoms with Gasteiger partial charge in [-0.05, 0) is 37.1 Å². The molecule has 1 radical (unpaired) electrons. The second-order valence-electron chi connectivity index (χ2n) is 5.01.